The van der Waals surface area contributed by atoms with Crippen LogP contribution in [-0.4, -0.2) is 74.9 Å². The Morgan fingerprint density at radius 1 is 1.17 bits per heavy atom. The molecule has 1 amide bonds. The Labute approximate surface area is 209 Å². The molecular weight excluding hydrogens is 460 g/mol. The maximum absolute atomic E-state index is 11.6. The van der Waals surface area contributed by atoms with Crippen LogP contribution in [0.15, 0.2) is 36.7 Å². The Balaban J connectivity index is 1.51. The number of benzene rings is 2. The Kier molecular flexibility index (Phi) is 6.13. The number of anilines is 1. The highest BCUT2D eigenvalue weighted by Gasteiger charge is 2.33. The number of piperazine rings is 1. The van der Waals surface area contributed by atoms with E-state index in [1.165, 1.54) is 4.90 Å². The summed E-state index contributed by atoms with van der Waals surface area (Å²) in [6.07, 6.45) is 2.91. The fourth-order valence-corrected chi connectivity index (χ4v) is 5.16. The number of aromatic nitrogens is 4. The van der Waals surface area contributed by atoms with Crippen LogP contribution in [0, 0.1) is 6.92 Å². The van der Waals surface area contributed by atoms with E-state index >= 15 is 0 Å². The molecule has 1 aliphatic heterocycles. The van der Waals surface area contributed by atoms with E-state index in [4.69, 9.17) is 14.5 Å². The normalized spacial score (nSPS) is 18.2. The first-order chi connectivity index (χ1) is 17.3. The lowest BCUT2D eigenvalue weighted by Crippen LogP contribution is -2.58. The molecule has 1 saturated heterocycles. The molecule has 0 saturated carbocycles. The van der Waals surface area contributed by atoms with Gasteiger partial charge in [0, 0.05) is 61.7 Å². The number of aryl methyl sites for hydroxylation is 2. The minimum atomic E-state index is -0.873. The van der Waals surface area contributed by atoms with Crippen molar-refractivity contribution in [1.29, 1.82) is 0 Å². The van der Waals surface area contributed by atoms with E-state index in [2.05, 4.69) is 21.0 Å². The molecule has 4 aromatic rings. The van der Waals surface area contributed by atoms with Crippen molar-refractivity contribution < 1.29 is 19.4 Å². The molecule has 36 heavy (non-hydrogen) atoms. The molecule has 0 aliphatic carbocycles. The summed E-state index contributed by atoms with van der Waals surface area (Å²) in [6.45, 7) is 7.23. The SMILES string of the molecule is COCOc1c(-c2ncc3cc(N4C[C@H](C)N(C(=O)O)[C@@H](C)C4)ccc3n2)cc2cn(C)nc2c1C. The Morgan fingerprint density at radius 3 is 2.61 bits per heavy atom. The topological polar surface area (TPSA) is 106 Å². The first-order valence-electron chi connectivity index (χ1n) is 11.9. The lowest BCUT2D eigenvalue weighted by molar-refractivity contribution is 0.0511. The number of amides is 1. The Morgan fingerprint density at radius 2 is 1.92 bits per heavy atom. The first-order valence-corrected chi connectivity index (χ1v) is 11.9. The summed E-state index contributed by atoms with van der Waals surface area (Å²) in [4.78, 5) is 24.9. The maximum Gasteiger partial charge on any atom is 0.407 e. The van der Waals surface area contributed by atoms with Gasteiger partial charge in [0.15, 0.2) is 12.6 Å². The molecule has 0 unspecified atom stereocenters. The van der Waals surface area contributed by atoms with Gasteiger partial charge in [-0.3, -0.25) is 9.58 Å². The van der Waals surface area contributed by atoms with Gasteiger partial charge >= 0.3 is 6.09 Å². The van der Waals surface area contributed by atoms with Crippen molar-refractivity contribution in [3.05, 3.63) is 42.2 Å². The molecule has 1 aliphatic rings. The zero-order valence-electron chi connectivity index (χ0n) is 21.1. The molecule has 2 atom stereocenters. The van der Waals surface area contributed by atoms with Crippen molar-refractivity contribution in [2.24, 2.45) is 7.05 Å². The van der Waals surface area contributed by atoms with Gasteiger partial charge in [0.25, 0.3) is 0 Å². The number of fused-ring (bicyclic) bond motifs is 2. The van der Waals surface area contributed by atoms with E-state index in [-0.39, 0.29) is 18.9 Å². The van der Waals surface area contributed by atoms with Crippen molar-refractivity contribution in [2.45, 2.75) is 32.9 Å². The van der Waals surface area contributed by atoms with Crippen molar-refractivity contribution >= 4 is 33.6 Å². The summed E-state index contributed by atoms with van der Waals surface area (Å²) in [5.74, 6) is 1.21. The molecule has 0 spiro atoms. The number of hydrogen-bond acceptors (Lipinski definition) is 7. The van der Waals surface area contributed by atoms with Crippen LogP contribution >= 0.6 is 0 Å². The summed E-state index contributed by atoms with van der Waals surface area (Å²) in [5, 5.41) is 16.0. The lowest BCUT2D eigenvalue weighted by Gasteiger charge is -2.43. The second-order valence-corrected chi connectivity index (χ2v) is 9.40. The molecule has 10 nitrogen and oxygen atoms in total. The highest BCUT2D eigenvalue weighted by Crippen LogP contribution is 2.37. The van der Waals surface area contributed by atoms with Gasteiger partial charge in [0.05, 0.1) is 28.7 Å². The maximum atomic E-state index is 11.6. The Hall–Kier alpha value is -3.92. The van der Waals surface area contributed by atoms with Crippen molar-refractivity contribution in [1.82, 2.24) is 24.6 Å². The predicted molar refractivity (Wildman–Crippen MR) is 137 cm³/mol. The number of carbonyl (C=O) groups is 1. The van der Waals surface area contributed by atoms with Crippen LogP contribution in [0.4, 0.5) is 10.5 Å². The number of nitrogens with zero attached hydrogens (tertiary/aromatic N) is 6. The molecule has 2 aromatic carbocycles. The highest BCUT2D eigenvalue weighted by molar-refractivity contribution is 5.91. The summed E-state index contributed by atoms with van der Waals surface area (Å²) in [7, 11) is 3.48. The minimum absolute atomic E-state index is 0.100. The van der Waals surface area contributed by atoms with Crippen LogP contribution in [0.3, 0.4) is 0 Å². The number of rotatable bonds is 5. The average Bonchev–Trinajstić information content (AvgIpc) is 3.22. The van der Waals surface area contributed by atoms with Gasteiger partial charge in [-0.05, 0) is 45.0 Å². The Bertz CT molecular complexity index is 1440. The van der Waals surface area contributed by atoms with Gasteiger partial charge in [-0.2, -0.15) is 5.10 Å². The van der Waals surface area contributed by atoms with E-state index in [1.807, 2.05) is 58.4 Å². The number of methoxy groups -OCH3 is 1. The molecule has 5 rings (SSSR count). The lowest BCUT2D eigenvalue weighted by atomic mass is 10.0. The fraction of sp³-hybridized carbons (Fsp3) is 0.385. The van der Waals surface area contributed by atoms with E-state index < -0.39 is 6.09 Å². The van der Waals surface area contributed by atoms with Crippen LogP contribution < -0.4 is 9.64 Å². The van der Waals surface area contributed by atoms with Crippen LogP contribution in [0.2, 0.25) is 0 Å². The predicted octanol–water partition coefficient (Wildman–Crippen LogP) is 4.05. The van der Waals surface area contributed by atoms with Crippen LogP contribution in [0.25, 0.3) is 33.2 Å². The van der Waals surface area contributed by atoms with Gasteiger partial charge in [-0.15, -0.1) is 0 Å². The molecule has 1 N–H and O–H groups in total. The molecule has 1 fully saturated rings. The summed E-state index contributed by atoms with van der Waals surface area (Å²) in [5.41, 5.74) is 4.39. The van der Waals surface area contributed by atoms with Gasteiger partial charge < -0.3 is 19.5 Å². The molecule has 0 bridgehead atoms. The molecule has 188 valence electrons. The molecule has 2 aromatic heterocycles. The second-order valence-electron chi connectivity index (χ2n) is 9.40. The smallest absolute Gasteiger partial charge is 0.407 e. The van der Waals surface area contributed by atoms with Crippen LogP contribution in [0.5, 0.6) is 5.75 Å². The third kappa shape index (κ3) is 4.17. The second kappa shape index (κ2) is 9.27. The van der Waals surface area contributed by atoms with Gasteiger partial charge in [-0.25, -0.2) is 14.8 Å². The zero-order chi connectivity index (χ0) is 25.6. The monoisotopic (exact) mass is 490 g/mol. The van der Waals surface area contributed by atoms with E-state index in [0.29, 0.717) is 24.7 Å². The summed E-state index contributed by atoms with van der Waals surface area (Å²) < 4.78 is 12.9. The van der Waals surface area contributed by atoms with Crippen LogP contribution in [0.1, 0.15) is 19.4 Å². The largest absolute Gasteiger partial charge is 0.466 e. The summed E-state index contributed by atoms with van der Waals surface area (Å²) in [6, 6.07) is 7.88. The van der Waals surface area contributed by atoms with Crippen molar-refractivity contribution in [2.75, 3.05) is 31.9 Å². The third-order valence-electron chi connectivity index (χ3n) is 6.73. The first kappa shape index (κ1) is 23.8. The van der Waals surface area contributed by atoms with Gasteiger partial charge in [0.1, 0.15) is 5.75 Å². The standard InChI is InChI=1S/C26H30N6O4/c1-15-11-31(12-16(2)32(15)26(33)34)20-6-7-22-18(8-20)10-27-25(28-22)21-9-19-13-30(4)29-23(19)17(3)24(21)36-14-35-5/h6-10,13,15-16H,11-12,14H2,1-5H3,(H,33,34)/t15-,16-/m0/s1. The summed E-state index contributed by atoms with van der Waals surface area (Å²) >= 11 is 0. The molecule has 10 heteroatoms. The third-order valence-corrected chi connectivity index (χ3v) is 6.73. The minimum Gasteiger partial charge on any atom is -0.466 e. The number of carboxylic acid groups (broad SMARTS) is 1. The number of hydrogen-bond donors (Lipinski definition) is 1. The number of ether oxygens (including phenoxy) is 2. The molecule has 3 heterocycles. The fourth-order valence-electron chi connectivity index (χ4n) is 5.16. The quantitative estimate of drug-likeness (QED) is 0.418. The van der Waals surface area contributed by atoms with E-state index in [9.17, 15) is 9.90 Å². The van der Waals surface area contributed by atoms with Crippen molar-refractivity contribution in [3.63, 3.8) is 0 Å². The molecule has 0 radical (unpaired) electrons. The van der Waals surface area contributed by atoms with E-state index in [0.717, 1.165) is 38.6 Å². The molecular formula is C26H30N6O4. The van der Waals surface area contributed by atoms with Gasteiger partial charge in [0.2, 0.25) is 0 Å². The van der Waals surface area contributed by atoms with Crippen molar-refractivity contribution in [3.8, 4) is 17.1 Å². The van der Waals surface area contributed by atoms with Gasteiger partial charge in [-0.1, -0.05) is 0 Å². The van der Waals surface area contributed by atoms with E-state index in [1.54, 1.807) is 11.8 Å². The average molecular weight is 491 g/mol. The highest BCUT2D eigenvalue weighted by atomic mass is 16.7. The van der Waals surface area contributed by atoms with Crippen LogP contribution in [-0.2, 0) is 11.8 Å². The zero-order valence-corrected chi connectivity index (χ0v) is 21.1.